The van der Waals surface area contributed by atoms with Crippen LogP contribution >= 0.6 is 0 Å². The Kier molecular flexibility index (Phi) is 9.87. The molecule has 0 aliphatic carbocycles. The highest BCUT2D eigenvalue weighted by atomic mass is 16.5. The molecule has 0 spiro atoms. The van der Waals surface area contributed by atoms with Crippen LogP contribution in [0.3, 0.4) is 0 Å². The van der Waals surface area contributed by atoms with Crippen molar-refractivity contribution < 1.29 is 9.84 Å². The highest BCUT2D eigenvalue weighted by molar-refractivity contribution is 4.55. The quantitative estimate of drug-likeness (QED) is 0.535. The van der Waals surface area contributed by atoms with Gasteiger partial charge in [0.1, 0.15) is 0 Å². The van der Waals surface area contributed by atoms with E-state index in [0.29, 0.717) is 0 Å². The van der Waals surface area contributed by atoms with Crippen molar-refractivity contribution in [3.05, 3.63) is 0 Å². The maximum Gasteiger partial charge on any atom is 0.0549 e. The van der Waals surface area contributed by atoms with E-state index < -0.39 is 0 Å². The lowest BCUT2D eigenvalue weighted by Gasteiger charge is -2.08. The Hall–Kier alpha value is -0.120. The number of hydrogen-bond donors (Lipinski definition) is 2. The van der Waals surface area contributed by atoms with Crippen molar-refractivity contribution in [1.29, 1.82) is 0 Å². The maximum atomic E-state index is 9.23. The van der Waals surface area contributed by atoms with Gasteiger partial charge in [-0.05, 0) is 39.3 Å². The van der Waals surface area contributed by atoms with E-state index in [2.05, 4.69) is 5.32 Å². The Morgan fingerprint density at radius 1 is 1.31 bits per heavy atom. The average Bonchev–Trinajstić information content (AvgIpc) is 2.16. The fourth-order valence-electron chi connectivity index (χ4n) is 1.04. The summed E-state index contributed by atoms with van der Waals surface area (Å²) in [6.07, 6.45) is 2.61. The molecule has 2 N–H and O–H groups in total. The molecular formula is C10H23NO2. The summed E-state index contributed by atoms with van der Waals surface area (Å²) in [4.78, 5) is 0. The van der Waals surface area contributed by atoms with Crippen molar-refractivity contribution in [3.8, 4) is 0 Å². The molecule has 0 saturated heterocycles. The molecule has 0 rings (SSSR count). The van der Waals surface area contributed by atoms with Gasteiger partial charge in [0.05, 0.1) is 6.10 Å². The Bertz CT molecular complexity index is 98.9. The second-order valence-electron chi connectivity index (χ2n) is 3.15. The van der Waals surface area contributed by atoms with Gasteiger partial charge in [-0.1, -0.05) is 6.92 Å². The summed E-state index contributed by atoms with van der Waals surface area (Å²) in [7, 11) is 0. The van der Waals surface area contributed by atoms with Crippen LogP contribution in [0.5, 0.6) is 0 Å². The lowest BCUT2D eigenvalue weighted by atomic mass is 10.2. The molecule has 0 radical (unpaired) electrons. The van der Waals surface area contributed by atoms with Crippen molar-refractivity contribution in [2.45, 2.75) is 39.2 Å². The highest BCUT2D eigenvalue weighted by Gasteiger charge is 1.98. The minimum atomic E-state index is -0.139. The predicted octanol–water partition coefficient (Wildman–Crippen LogP) is 1.16. The van der Waals surface area contributed by atoms with Crippen LogP contribution in [0.1, 0.15) is 33.1 Å². The summed E-state index contributed by atoms with van der Waals surface area (Å²) in [6, 6.07) is 0. The molecule has 1 unspecified atom stereocenters. The Balaban J connectivity index is 2.91. The largest absolute Gasteiger partial charge is 0.393 e. The normalized spacial score (nSPS) is 13.2. The first-order valence-electron chi connectivity index (χ1n) is 5.27. The first-order chi connectivity index (χ1) is 6.31. The van der Waals surface area contributed by atoms with Crippen molar-refractivity contribution >= 4 is 0 Å². The molecule has 0 aliphatic heterocycles. The molecule has 0 aromatic rings. The van der Waals surface area contributed by atoms with E-state index in [1.807, 2.05) is 13.8 Å². The third-order valence-corrected chi connectivity index (χ3v) is 1.97. The van der Waals surface area contributed by atoms with E-state index in [1.165, 1.54) is 0 Å². The number of aliphatic hydroxyl groups excluding tert-OH is 1. The SMILES string of the molecule is CCOCCCNCCC(O)CC. The van der Waals surface area contributed by atoms with E-state index in [1.54, 1.807) is 0 Å². The smallest absolute Gasteiger partial charge is 0.0549 e. The lowest BCUT2D eigenvalue weighted by molar-refractivity contribution is 0.142. The molecule has 0 aromatic heterocycles. The van der Waals surface area contributed by atoms with Crippen LogP contribution in [0, 0.1) is 0 Å². The van der Waals surface area contributed by atoms with Crippen LogP contribution in [0.15, 0.2) is 0 Å². The van der Waals surface area contributed by atoms with Gasteiger partial charge in [0.2, 0.25) is 0 Å². The number of hydrogen-bond acceptors (Lipinski definition) is 3. The Labute approximate surface area is 81.5 Å². The first kappa shape index (κ1) is 12.9. The molecule has 0 aromatic carbocycles. The molecule has 80 valence electrons. The Morgan fingerprint density at radius 2 is 2.08 bits per heavy atom. The van der Waals surface area contributed by atoms with Crippen LogP contribution in [0.4, 0.5) is 0 Å². The summed E-state index contributed by atoms with van der Waals surface area (Å²) < 4.78 is 5.19. The van der Waals surface area contributed by atoms with Gasteiger partial charge < -0.3 is 15.2 Å². The van der Waals surface area contributed by atoms with E-state index >= 15 is 0 Å². The zero-order valence-corrected chi connectivity index (χ0v) is 8.88. The fourth-order valence-corrected chi connectivity index (χ4v) is 1.04. The Morgan fingerprint density at radius 3 is 2.69 bits per heavy atom. The van der Waals surface area contributed by atoms with Crippen LogP contribution < -0.4 is 5.32 Å². The van der Waals surface area contributed by atoms with Gasteiger partial charge in [-0.3, -0.25) is 0 Å². The summed E-state index contributed by atoms with van der Waals surface area (Å²) in [5.41, 5.74) is 0. The van der Waals surface area contributed by atoms with Crippen LogP contribution in [0.2, 0.25) is 0 Å². The second-order valence-corrected chi connectivity index (χ2v) is 3.15. The van der Waals surface area contributed by atoms with Crippen LogP contribution in [0.25, 0.3) is 0 Å². The van der Waals surface area contributed by atoms with Gasteiger partial charge in [-0.15, -0.1) is 0 Å². The van der Waals surface area contributed by atoms with Crippen molar-refractivity contribution in [2.75, 3.05) is 26.3 Å². The molecule has 3 heteroatoms. The number of nitrogens with one attached hydrogen (secondary N) is 1. The standard InChI is InChI=1S/C10H23NO2/c1-3-10(12)6-8-11-7-5-9-13-4-2/h10-12H,3-9H2,1-2H3. The van der Waals surface area contributed by atoms with Gasteiger partial charge in [0.25, 0.3) is 0 Å². The summed E-state index contributed by atoms with van der Waals surface area (Å²) in [6.45, 7) is 7.52. The number of aliphatic hydroxyl groups is 1. The van der Waals surface area contributed by atoms with Gasteiger partial charge in [0, 0.05) is 13.2 Å². The molecule has 0 aliphatic rings. The zero-order valence-electron chi connectivity index (χ0n) is 8.88. The molecule has 13 heavy (non-hydrogen) atoms. The van der Waals surface area contributed by atoms with Gasteiger partial charge in [-0.25, -0.2) is 0 Å². The molecule has 0 fully saturated rings. The molecule has 0 saturated carbocycles. The van der Waals surface area contributed by atoms with E-state index in [0.717, 1.165) is 45.6 Å². The van der Waals surface area contributed by atoms with Gasteiger partial charge in [0.15, 0.2) is 0 Å². The zero-order chi connectivity index (χ0) is 9.94. The highest BCUT2D eigenvalue weighted by Crippen LogP contribution is 1.94. The van der Waals surface area contributed by atoms with Crippen LogP contribution in [-0.2, 0) is 4.74 Å². The van der Waals surface area contributed by atoms with Gasteiger partial charge >= 0.3 is 0 Å². The third-order valence-electron chi connectivity index (χ3n) is 1.97. The van der Waals surface area contributed by atoms with E-state index in [-0.39, 0.29) is 6.10 Å². The first-order valence-corrected chi connectivity index (χ1v) is 5.27. The molecule has 0 bridgehead atoms. The number of ether oxygens (including phenoxy) is 1. The molecule has 0 amide bonds. The molecule has 0 heterocycles. The second kappa shape index (κ2) is 9.96. The van der Waals surface area contributed by atoms with E-state index in [4.69, 9.17) is 4.74 Å². The third kappa shape index (κ3) is 9.80. The predicted molar refractivity (Wildman–Crippen MR) is 54.9 cm³/mol. The summed E-state index contributed by atoms with van der Waals surface area (Å²) in [5.74, 6) is 0. The average molecular weight is 189 g/mol. The summed E-state index contributed by atoms with van der Waals surface area (Å²) in [5, 5.41) is 12.5. The summed E-state index contributed by atoms with van der Waals surface area (Å²) >= 11 is 0. The molecule has 3 nitrogen and oxygen atoms in total. The fraction of sp³-hybridized carbons (Fsp3) is 1.00. The molecule has 1 atom stereocenters. The monoisotopic (exact) mass is 189 g/mol. The van der Waals surface area contributed by atoms with Crippen LogP contribution in [-0.4, -0.2) is 37.5 Å². The minimum Gasteiger partial charge on any atom is -0.393 e. The molecular weight excluding hydrogens is 166 g/mol. The lowest BCUT2D eigenvalue weighted by Crippen LogP contribution is -2.22. The maximum absolute atomic E-state index is 9.23. The van der Waals surface area contributed by atoms with E-state index in [9.17, 15) is 5.11 Å². The van der Waals surface area contributed by atoms with Crippen molar-refractivity contribution in [1.82, 2.24) is 5.32 Å². The number of rotatable bonds is 9. The van der Waals surface area contributed by atoms with Gasteiger partial charge in [-0.2, -0.15) is 0 Å². The topological polar surface area (TPSA) is 41.5 Å². The minimum absolute atomic E-state index is 0.139. The van der Waals surface area contributed by atoms with Crippen molar-refractivity contribution in [2.24, 2.45) is 0 Å². The van der Waals surface area contributed by atoms with Crippen molar-refractivity contribution in [3.63, 3.8) is 0 Å².